The van der Waals surface area contributed by atoms with Crippen LogP contribution in [0.1, 0.15) is 35.2 Å². The molecule has 27 heavy (non-hydrogen) atoms. The fraction of sp³-hybridized carbons (Fsp3) is 0.316. The molecule has 0 unspecified atom stereocenters. The summed E-state index contributed by atoms with van der Waals surface area (Å²) < 4.78 is 7.27. The highest BCUT2D eigenvalue weighted by atomic mass is 16.5. The summed E-state index contributed by atoms with van der Waals surface area (Å²) in [5, 5.41) is 14.1. The molecule has 0 spiro atoms. The monoisotopic (exact) mass is 366 g/mol. The summed E-state index contributed by atoms with van der Waals surface area (Å²) in [6.07, 6.45) is 5.12. The van der Waals surface area contributed by atoms with Crippen molar-refractivity contribution in [2.24, 2.45) is 0 Å². The molecule has 0 saturated heterocycles. The Morgan fingerprint density at radius 1 is 1.30 bits per heavy atom. The predicted octanol–water partition coefficient (Wildman–Crippen LogP) is 2.41. The number of aliphatic carboxylic acids is 1. The van der Waals surface area contributed by atoms with Crippen molar-refractivity contribution in [2.75, 3.05) is 6.61 Å². The van der Waals surface area contributed by atoms with Crippen LogP contribution in [-0.4, -0.2) is 43.2 Å². The second-order valence-electron chi connectivity index (χ2n) is 6.56. The van der Waals surface area contributed by atoms with Gasteiger partial charge < -0.3 is 9.84 Å². The van der Waals surface area contributed by atoms with E-state index in [1.54, 1.807) is 12.4 Å². The van der Waals surface area contributed by atoms with Gasteiger partial charge in [-0.2, -0.15) is 5.10 Å². The Morgan fingerprint density at radius 3 is 2.70 bits per heavy atom. The second-order valence-corrected chi connectivity index (χ2v) is 6.56. The maximum Gasteiger partial charge on any atom is 0.325 e. The Kier molecular flexibility index (Phi) is 4.10. The van der Waals surface area contributed by atoms with E-state index in [0.717, 1.165) is 29.5 Å². The number of carbonyl (C=O) groups excluding carboxylic acids is 1. The lowest BCUT2D eigenvalue weighted by Crippen LogP contribution is -2.14. The number of carboxylic acids is 1. The van der Waals surface area contributed by atoms with Crippen molar-refractivity contribution in [2.45, 2.75) is 33.2 Å². The Balaban J connectivity index is 2.06. The lowest BCUT2D eigenvalue weighted by molar-refractivity contribution is -0.137. The maximum atomic E-state index is 12.1. The minimum atomic E-state index is -1.03. The average molecular weight is 366 g/mol. The number of benzene rings is 1. The van der Waals surface area contributed by atoms with E-state index in [9.17, 15) is 14.7 Å². The molecule has 1 aromatic carbocycles. The van der Waals surface area contributed by atoms with Gasteiger partial charge in [0.1, 0.15) is 29.3 Å². The SMILES string of the molecule is CC(=O)c1nn(CC(=O)O)c2c3c(c(-c4cnc(C)nc4)cc12)CCCO3. The molecular weight excluding hydrogens is 348 g/mol. The van der Waals surface area contributed by atoms with Gasteiger partial charge in [0.05, 0.1) is 6.61 Å². The zero-order valence-corrected chi connectivity index (χ0v) is 15.0. The molecule has 8 heteroatoms. The van der Waals surface area contributed by atoms with Crippen molar-refractivity contribution in [1.29, 1.82) is 0 Å². The number of hydrogen-bond acceptors (Lipinski definition) is 6. The lowest BCUT2D eigenvalue weighted by Gasteiger charge is -2.22. The largest absolute Gasteiger partial charge is 0.491 e. The Hall–Kier alpha value is -3.29. The van der Waals surface area contributed by atoms with Crippen LogP contribution in [0, 0.1) is 6.92 Å². The fourth-order valence-electron chi connectivity index (χ4n) is 3.47. The van der Waals surface area contributed by atoms with E-state index >= 15 is 0 Å². The topological polar surface area (TPSA) is 107 Å². The molecule has 4 rings (SSSR count). The first-order valence-corrected chi connectivity index (χ1v) is 8.66. The van der Waals surface area contributed by atoms with Gasteiger partial charge in [0.15, 0.2) is 5.78 Å². The van der Waals surface area contributed by atoms with Crippen molar-refractivity contribution in [3.8, 4) is 16.9 Å². The van der Waals surface area contributed by atoms with Crippen LogP contribution in [0.4, 0.5) is 0 Å². The van der Waals surface area contributed by atoms with Crippen LogP contribution < -0.4 is 4.74 Å². The van der Waals surface area contributed by atoms with Gasteiger partial charge in [0, 0.05) is 35.8 Å². The molecule has 138 valence electrons. The first-order chi connectivity index (χ1) is 13.0. The van der Waals surface area contributed by atoms with Gasteiger partial charge in [-0.15, -0.1) is 0 Å². The van der Waals surface area contributed by atoms with Crippen molar-refractivity contribution in [3.63, 3.8) is 0 Å². The predicted molar refractivity (Wildman–Crippen MR) is 97.0 cm³/mol. The third kappa shape index (κ3) is 2.92. The number of hydrogen-bond donors (Lipinski definition) is 1. The number of carbonyl (C=O) groups is 2. The molecule has 0 atom stereocenters. The van der Waals surface area contributed by atoms with Gasteiger partial charge in [0.25, 0.3) is 0 Å². The zero-order valence-electron chi connectivity index (χ0n) is 15.0. The normalized spacial score (nSPS) is 13.3. The van der Waals surface area contributed by atoms with Crippen molar-refractivity contribution >= 4 is 22.7 Å². The molecule has 0 amide bonds. The fourth-order valence-corrected chi connectivity index (χ4v) is 3.47. The molecular formula is C19H18N4O4. The molecule has 0 bridgehead atoms. The summed E-state index contributed by atoms with van der Waals surface area (Å²) in [6.45, 7) is 3.42. The summed E-state index contributed by atoms with van der Waals surface area (Å²) in [4.78, 5) is 31.9. The number of ketones is 1. The van der Waals surface area contributed by atoms with E-state index in [0.29, 0.717) is 29.1 Å². The van der Waals surface area contributed by atoms with Crippen LogP contribution in [0.15, 0.2) is 18.5 Å². The van der Waals surface area contributed by atoms with Gasteiger partial charge >= 0.3 is 5.97 Å². The van der Waals surface area contributed by atoms with Crippen LogP contribution in [0.5, 0.6) is 5.75 Å². The van der Waals surface area contributed by atoms with Crippen LogP contribution in [0.2, 0.25) is 0 Å². The molecule has 0 fully saturated rings. The van der Waals surface area contributed by atoms with E-state index in [2.05, 4.69) is 15.1 Å². The summed E-state index contributed by atoms with van der Waals surface area (Å²) in [5.41, 5.74) is 3.45. The number of nitrogens with zero attached hydrogens (tertiary/aromatic N) is 4. The molecule has 0 saturated carbocycles. The number of ether oxygens (including phenoxy) is 1. The second kappa shape index (κ2) is 6.46. The molecule has 0 radical (unpaired) electrons. The Morgan fingerprint density at radius 2 is 2.04 bits per heavy atom. The third-order valence-electron chi connectivity index (χ3n) is 4.62. The highest BCUT2D eigenvalue weighted by molar-refractivity contribution is 6.08. The number of rotatable bonds is 4. The Labute approximate surface area is 154 Å². The highest BCUT2D eigenvalue weighted by Gasteiger charge is 2.26. The van der Waals surface area contributed by atoms with Crippen molar-refractivity contribution in [1.82, 2.24) is 19.7 Å². The number of fused-ring (bicyclic) bond motifs is 3. The lowest BCUT2D eigenvalue weighted by atomic mass is 9.93. The molecule has 3 heterocycles. The van der Waals surface area contributed by atoms with Crippen molar-refractivity contribution in [3.05, 3.63) is 35.5 Å². The van der Waals surface area contributed by atoms with Gasteiger partial charge in [-0.25, -0.2) is 14.6 Å². The average Bonchev–Trinajstić information content (AvgIpc) is 3.00. The summed E-state index contributed by atoms with van der Waals surface area (Å²) in [6, 6.07) is 1.87. The van der Waals surface area contributed by atoms with Gasteiger partial charge in [-0.05, 0) is 31.4 Å². The van der Waals surface area contributed by atoms with Gasteiger partial charge in [-0.1, -0.05) is 0 Å². The molecule has 1 aliphatic rings. The van der Waals surface area contributed by atoms with Crippen LogP contribution >= 0.6 is 0 Å². The Bertz CT molecular complexity index is 1070. The van der Waals surface area contributed by atoms with Crippen LogP contribution in [-0.2, 0) is 17.8 Å². The van der Waals surface area contributed by atoms with E-state index in [-0.39, 0.29) is 18.0 Å². The minimum Gasteiger partial charge on any atom is -0.491 e. The van der Waals surface area contributed by atoms with Gasteiger partial charge in [0.2, 0.25) is 0 Å². The molecule has 8 nitrogen and oxygen atoms in total. The van der Waals surface area contributed by atoms with Crippen LogP contribution in [0.25, 0.3) is 22.0 Å². The quantitative estimate of drug-likeness (QED) is 0.707. The smallest absolute Gasteiger partial charge is 0.325 e. The number of aromatic nitrogens is 4. The molecule has 1 N–H and O–H groups in total. The van der Waals surface area contributed by atoms with E-state index in [1.165, 1.54) is 11.6 Å². The van der Waals surface area contributed by atoms with Gasteiger partial charge in [-0.3, -0.25) is 9.59 Å². The summed E-state index contributed by atoms with van der Waals surface area (Å²) in [5.74, 6) is 0.000278. The summed E-state index contributed by atoms with van der Waals surface area (Å²) >= 11 is 0. The number of carboxylic acid groups (broad SMARTS) is 1. The van der Waals surface area contributed by atoms with E-state index in [1.807, 2.05) is 13.0 Å². The minimum absolute atomic E-state index is 0.231. The number of aryl methyl sites for hydroxylation is 1. The maximum absolute atomic E-state index is 12.1. The van der Waals surface area contributed by atoms with Crippen LogP contribution in [0.3, 0.4) is 0 Å². The van der Waals surface area contributed by atoms with Crippen molar-refractivity contribution < 1.29 is 19.4 Å². The molecule has 1 aliphatic heterocycles. The molecule has 2 aromatic heterocycles. The number of Topliss-reactive ketones (excluding diaryl/α,β-unsaturated/α-hetero) is 1. The van der Waals surface area contributed by atoms with E-state index < -0.39 is 5.97 Å². The summed E-state index contributed by atoms with van der Waals surface area (Å²) in [7, 11) is 0. The third-order valence-corrected chi connectivity index (χ3v) is 4.62. The first kappa shape index (κ1) is 17.1. The molecule has 3 aromatic rings. The highest BCUT2D eigenvalue weighted by Crippen LogP contribution is 2.41. The standard InChI is InChI=1S/C19H18N4O4/c1-10(24)17-15-6-14(12-7-20-11(2)21-8-12)13-4-3-5-27-19(13)18(15)23(22-17)9-16(25)26/h6-8H,3-5,9H2,1-2H3,(H,25,26). The molecule has 0 aliphatic carbocycles. The zero-order chi connectivity index (χ0) is 19.1. The first-order valence-electron chi connectivity index (χ1n) is 8.66. The van der Waals surface area contributed by atoms with E-state index in [4.69, 9.17) is 4.74 Å².